The maximum Gasteiger partial charge on any atom is 0.252 e. The van der Waals surface area contributed by atoms with Crippen LogP contribution in [0.2, 0.25) is 0 Å². The molecule has 4 aliphatic rings. The van der Waals surface area contributed by atoms with E-state index in [-0.39, 0.29) is 12.0 Å². The average molecular weight is 241 g/mol. The summed E-state index contributed by atoms with van der Waals surface area (Å²) < 4.78 is 5.51. The van der Waals surface area contributed by atoms with Gasteiger partial charge in [0.1, 0.15) is 0 Å². The number of hydrogen-bond donors (Lipinski definition) is 1. The first-order chi connectivity index (χ1) is 8.83. The number of ether oxygens (including phenoxy) is 1. The molecule has 92 valence electrons. The second kappa shape index (κ2) is 3.69. The molecular weight excluding hydrogens is 226 g/mol. The lowest BCUT2D eigenvalue weighted by Gasteiger charge is -2.11. The van der Waals surface area contributed by atoms with Gasteiger partial charge in [0.15, 0.2) is 0 Å². The second-order valence-electron chi connectivity index (χ2n) is 5.24. The fraction of sp³-hybridized carbons (Fsp3) is 0.400. The van der Waals surface area contributed by atoms with Gasteiger partial charge in [0, 0.05) is 18.7 Å². The summed E-state index contributed by atoms with van der Waals surface area (Å²) in [5, 5.41) is 2.98. The molecule has 0 aromatic rings. The zero-order chi connectivity index (χ0) is 12.1. The normalized spacial score (nSPS) is 27.6. The van der Waals surface area contributed by atoms with Gasteiger partial charge in [0.05, 0.1) is 6.10 Å². The monoisotopic (exact) mass is 241 g/mol. The Morgan fingerprint density at radius 1 is 1.39 bits per heavy atom. The van der Waals surface area contributed by atoms with Crippen molar-refractivity contribution in [2.75, 3.05) is 13.2 Å². The molecule has 3 aliphatic carbocycles. The third kappa shape index (κ3) is 1.51. The molecule has 3 heteroatoms. The van der Waals surface area contributed by atoms with Crippen LogP contribution in [0.25, 0.3) is 0 Å². The van der Waals surface area contributed by atoms with Crippen molar-refractivity contribution < 1.29 is 9.53 Å². The summed E-state index contributed by atoms with van der Waals surface area (Å²) in [6, 6.07) is 0. The summed E-state index contributed by atoms with van der Waals surface area (Å²) >= 11 is 0. The Bertz CT molecular complexity index is 557. The lowest BCUT2D eigenvalue weighted by Crippen LogP contribution is -2.32. The Morgan fingerprint density at radius 2 is 2.33 bits per heavy atom. The fourth-order valence-corrected chi connectivity index (χ4v) is 2.94. The lowest BCUT2D eigenvalue weighted by atomic mass is 10.1. The van der Waals surface area contributed by atoms with Crippen molar-refractivity contribution in [3.05, 3.63) is 46.1 Å². The van der Waals surface area contributed by atoms with Crippen molar-refractivity contribution >= 4 is 5.91 Å². The Labute approximate surface area is 106 Å². The van der Waals surface area contributed by atoms with Gasteiger partial charge < -0.3 is 10.1 Å². The molecule has 0 aromatic carbocycles. The highest BCUT2D eigenvalue weighted by Crippen LogP contribution is 2.51. The topological polar surface area (TPSA) is 38.3 Å². The van der Waals surface area contributed by atoms with Crippen molar-refractivity contribution in [2.45, 2.75) is 25.4 Å². The Hall–Kier alpha value is -1.61. The summed E-state index contributed by atoms with van der Waals surface area (Å²) in [4.78, 5) is 12.1. The molecule has 1 saturated heterocycles. The van der Waals surface area contributed by atoms with Gasteiger partial charge in [-0.25, -0.2) is 0 Å². The number of fused-ring (bicyclic) bond motifs is 2. The van der Waals surface area contributed by atoms with Crippen LogP contribution in [-0.4, -0.2) is 25.2 Å². The number of amides is 1. The van der Waals surface area contributed by atoms with E-state index in [1.54, 1.807) is 0 Å². The molecule has 1 saturated carbocycles. The average Bonchev–Trinajstić information content (AvgIpc) is 2.81. The van der Waals surface area contributed by atoms with Crippen LogP contribution < -0.4 is 5.32 Å². The van der Waals surface area contributed by atoms with E-state index < -0.39 is 0 Å². The number of carbonyl (C=O) groups is 1. The van der Waals surface area contributed by atoms with Crippen molar-refractivity contribution in [2.24, 2.45) is 0 Å². The van der Waals surface area contributed by atoms with Crippen LogP contribution in [0.15, 0.2) is 46.1 Å². The van der Waals surface area contributed by atoms with Crippen molar-refractivity contribution in [1.82, 2.24) is 5.32 Å². The third-order valence-corrected chi connectivity index (χ3v) is 4.03. The van der Waals surface area contributed by atoms with Crippen LogP contribution >= 0.6 is 0 Å². The van der Waals surface area contributed by atoms with Crippen molar-refractivity contribution in [1.29, 1.82) is 0 Å². The molecule has 0 bridgehead atoms. The molecule has 1 atom stereocenters. The van der Waals surface area contributed by atoms with Gasteiger partial charge in [0.25, 0.3) is 5.91 Å². The van der Waals surface area contributed by atoms with Gasteiger partial charge in [-0.05, 0) is 53.7 Å². The number of carbonyl (C=O) groups excluding carboxylic acids is 1. The van der Waals surface area contributed by atoms with Gasteiger partial charge in [-0.2, -0.15) is 0 Å². The lowest BCUT2D eigenvalue weighted by molar-refractivity contribution is -0.117. The number of hydrogen-bond acceptors (Lipinski definition) is 2. The number of allylic oxidation sites excluding steroid dienone is 6. The summed E-state index contributed by atoms with van der Waals surface area (Å²) in [6.45, 7) is 1.46. The van der Waals surface area contributed by atoms with E-state index in [4.69, 9.17) is 4.74 Å². The minimum absolute atomic E-state index is 0.0329. The van der Waals surface area contributed by atoms with Crippen LogP contribution in [0.1, 0.15) is 19.3 Å². The predicted molar refractivity (Wildman–Crippen MR) is 67.9 cm³/mol. The molecule has 3 nitrogen and oxygen atoms in total. The van der Waals surface area contributed by atoms with Crippen LogP contribution in [0.5, 0.6) is 0 Å². The van der Waals surface area contributed by atoms with Crippen LogP contribution in [0.4, 0.5) is 0 Å². The van der Waals surface area contributed by atoms with E-state index in [0.29, 0.717) is 6.54 Å². The van der Waals surface area contributed by atoms with Gasteiger partial charge in [-0.15, -0.1) is 0 Å². The Balaban J connectivity index is 1.46. The largest absolute Gasteiger partial charge is 0.376 e. The van der Waals surface area contributed by atoms with Gasteiger partial charge in [0.2, 0.25) is 0 Å². The van der Waals surface area contributed by atoms with Gasteiger partial charge >= 0.3 is 0 Å². The molecule has 1 heterocycles. The van der Waals surface area contributed by atoms with E-state index in [0.717, 1.165) is 37.0 Å². The van der Waals surface area contributed by atoms with Gasteiger partial charge in [-0.1, -0.05) is 6.08 Å². The van der Waals surface area contributed by atoms with E-state index in [2.05, 4.69) is 17.5 Å². The van der Waals surface area contributed by atoms with Crippen LogP contribution in [0.3, 0.4) is 0 Å². The maximum atomic E-state index is 12.1. The molecule has 1 aliphatic heterocycles. The van der Waals surface area contributed by atoms with E-state index in [1.807, 2.05) is 6.08 Å². The summed E-state index contributed by atoms with van der Waals surface area (Å²) in [6.07, 6.45) is 9.66. The maximum absolute atomic E-state index is 12.1. The smallest absolute Gasteiger partial charge is 0.252 e. The number of nitrogens with one attached hydrogen (secondary N) is 1. The molecule has 18 heavy (non-hydrogen) atoms. The summed E-state index contributed by atoms with van der Waals surface area (Å²) in [7, 11) is 0. The molecule has 4 rings (SSSR count). The predicted octanol–water partition coefficient (Wildman–Crippen LogP) is 1.79. The zero-order valence-electron chi connectivity index (χ0n) is 10.2. The van der Waals surface area contributed by atoms with E-state index in [9.17, 15) is 4.79 Å². The second-order valence-corrected chi connectivity index (χ2v) is 5.24. The minimum Gasteiger partial charge on any atom is -0.376 e. The first-order valence-electron chi connectivity index (χ1n) is 6.59. The standard InChI is InChI=1S/C15H15NO2/c17-15(16-8-10-2-1-5-18-10)12-4-3-11-13-6-9(13)7-14(11)12/h3-4,7,10H,1-2,5-6,8H2,(H,16,17). The van der Waals surface area contributed by atoms with Crippen molar-refractivity contribution in [3.63, 3.8) is 0 Å². The molecule has 0 radical (unpaired) electrons. The van der Waals surface area contributed by atoms with E-state index in [1.165, 1.54) is 16.7 Å². The highest BCUT2D eigenvalue weighted by atomic mass is 16.5. The minimum atomic E-state index is 0.0329. The molecule has 1 unspecified atom stereocenters. The zero-order valence-corrected chi connectivity index (χ0v) is 10.2. The summed E-state index contributed by atoms with van der Waals surface area (Å²) in [5.74, 6) is 0.0329. The third-order valence-electron chi connectivity index (χ3n) is 4.03. The van der Waals surface area contributed by atoms with Crippen molar-refractivity contribution in [3.8, 4) is 0 Å². The van der Waals surface area contributed by atoms with Gasteiger partial charge in [-0.3, -0.25) is 4.79 Å². The molecule has 0 aromatic heterocycles. The molecule has 1 amide bonds. The fourth-order valence-electron chi connectivity index (χ4n) is 2.94. The highest BCUT2D eigenvalue weighted by molar-refractivity contribution is 6.01. The summed E-state index contributed by atoms with van der Waals surface area (Å²) in [5.41, 5.74) is 6.05. The van der Waals surface area contributed by atoms with Crippen LogP contribution in [-0.2, 0) is 9.53 Å². The SMILES string of the molecule is O=C(NCC1CCCO1)C1=C2C=C3CC3=C2C=C1. The first kappa shape index (κ1) is 10.3. The van der Waals surface area contributed by atoms with E-state index >= 15 is 0 Å². The Kier molecular flexibility index (Phi) is 2.12. The highest BCUT2D eigenvalue weighted by Gasteiger charge is 2.35. The quantitative estimate of drug-likeness (QED) is 0.818. The molecule has 1 N–H and O–H groups in total. The first-order valence-corrected chi connectivity index (χ1v) is 6.59. The molecular formula is C15H15NO2. The molecule has 2 fully saturated rings. The Morgan fingerprint density at radius 3 is 3.17 bits per heavy atom. The molecule has 0 spiro atoms. The van der Waals surface area contributed by atoms with Crippen LogP contribution in [0, 0.1) is 0 Å². The number of rotatable bonds is 3.